The van der Waals surface area contributed by atoms with E-state index in [1.54, 1.807) is 0 Å². The van der Waals surface area contributed by atoms with Gasteiger partial charge in [0.15, 0.2) is 5.82 Å². The average Bonchev–Trinajstić information content (AvgIpc) is 3.14. The maximum absolute atomic E-state index is 5.56. The monoisotopic (exact) mass is 325 g/mol. The third-order valence-corrected chi connectivity index (χ3v) is 4.08. The second kappa shape index (κ2) is 6.43. The molecule has 3 aromatic rings. The van der Waals surface area contributed by atoms with Gasteiger partial charge in [-0.05, 0) is 37.1 Å². The Labute approximate surface area is 141 Å². The molecule has 0 unspecified atom stereocenters. The summed E-state index contributed by atoms with van der Waals surface area (Å²) in [7, 11) is 0. The number of nitrogens with zero attached hydrogens (tertiary/aromatic N) is 5. The van der Waals surface area contributed by atoms with E-state index in [1.807, 2.05) is 4.68 Å². The lowest BCUT2D eigenvalue weighted by Crippen LogP contribution is -2.06. The van der Waals surface area contributed by atoms with E-state index in [0.29, 0.717) is 12.8 Å². The Hall–Kier alpha value is -2.70. The van der Waals surface area contributed by atoms with Crippen molar-refractivity contribution >= 4 is 5.95 Å². The molecule has 0 atom stereocenters. The first-order valence-electron chi connectivity index (χ1n) is 8.14. The maximum atomic E-state index is 5.56. The van der Waals surface area contributed by atoms with Crippen molar-refractivity contribution in [1.82, 2.24) is 29.9 Å². The molecule has 0 saturated carbocycles. The standard InChI is InChI=1S/C17H23N7/c1-10(2)16-20-15(8-7-14-19-17(18)22-21-14)24(23-16)13-6-5-11(3)12(4)9-13/h5-6,9-10H,7-8H2,1-4H3,(H3,18,19,21,22). The normalized spacial score (nSPS) is 11.4. The summed E-state index contributed by atoms with van der Waals surface area (Å²) in [6.45, 7) is 8.41. The van der Waals surface area contributed by atoms with E-state index >= 15 is 0 Å². The molecule has 2 heterocycles. The summed E-state index contributed by atoms with van der Waals surface area (Å²) in [5.74, 6) is 3.06. The van der Waals surface area contributed by atoms with Crippen molar-refractivity contribution in [2.24, 2.45) is 0 Å². The summed E-state index contributed by atoms with van der Waals surface area (Å²) in [5.41, 5.74) is 9.09. The van der Waals surface area contributed by atoms with Crippen molar-refractivity contribution in [3.05, 3.63) is 46.8 Å². The van der Waals surface area contributed by atoms with E-state index in [1.165, 1.54) is 11.1 Å². The third-order valence-electron chi connectivity index (χ3n) is 4.08. The van der Waals surface area contributed by atoms with Crippen LogP contribution < -0.4 is 5.73 Å². The van der Waals surface area contributed by atoms with E-state index in [0.717, 1.165) is 23.2 Å². The first-order valence-corrected chi connectivity index (χ1v) is 8.14. The average molecular weight is 325 g/mol. The zero-order valence-corrected chi connectivity index (χ0v) is 14.5. The Bertz CT molecular complexity index is 844. The summed E-state index contributed by atoms with van der Waals surface area (Å²) in [5, 5.41) is 11.4. The van der Waals surface area contributed by atoms with Crippen LogP contribution in [0.15, 0.2) is 18.2 Å². The van der Waals surface area contributed by atoms with Gasteiger partial charge in [0, 0.05) is 18.8 Å². The molecule has 3 N–H and O–H groups in total. The number of aromatic nitrogens is 6. The molecule has 0 spiro atoms. The van der Waals surface area contributed by atoms with E-state index in [9.17, 15) is 0 Å². The van der Waals surface area contributed by atoms with Crippen LogP contribution in [-0.4, -0.2) is 29.9 Å². The number of aryl methyl sites for hydroxylation is 4. The fraction of sp³-hybridized carbons (Fsp3) is 0.412. The lowest BCUT2D eigenvalue weighted by atomic mass is 10.1. The SMILES string of the molecule is Cc1ccc(-n2nc(C(C)C)nc2CCc2nc(N)n[nH]2)cc1C. The molecule has 2 aromatic heterocycles. The van der Waals surface area contributed by atoms with Crippen molar-refractivity contribution in [2.45, 2.75) is 46.5 Å². The summed E-state index contributed by atoms with van der Waals surface area (Å²) in [6, 6.07) is 6.34. The van der Waals surface area contributed by atoms with Crippen molar-refractivity contribution in [3.8, 4) is 5.69 Å². The fourth-order valence-corrected chi connectivity index (χ4v) is 2.48. The lowest BCUT2D eigenvalue weighted by Gasteiger charge is -2.08. The van der Waals surface area contributed by atoms with Crippen LogP contribution in [0.1, 0.15) is 48.4 Å². The largest absolute Gasteiger partial charge is 0.367 e. The number of anilines is 1. The van der Waals surface area contributed by atoms with Crippen LogP contribution in [-0.2, 0) is 12.8 Å². The fourth-order valence-electron chi connectivity index (χ4n) is 2.48. The van der Waals surface area contributed by atoms with Crippen LogP contribution in [0.25, 0.3) is 5.69 Å². The number of nitrogens with one attached hydrogen (secondary N) is 1. The maximum Gasteiger partial charge on any atom is 0.239 e. The van der Waals surface area contributed by atoms with Gasteiger partial charge in [-0.25, -0.2) is 9.67 Å². The summed E-state index contributed by atoms with van der Waals surface area (Å²) >= 11 is 0. The minimum Gasteiger partial charge on any atom is -0.367 e. The molecular formula is C17H23N7. The molecule has 24 heavy (non-hydrogen) atoms. The molecule has 0 radical (unpaired) electrons. The van der Waals surface area contributed by atoms with Gasteiger partial charge in [0.1, 0.15) is 11.6 Å². The number of nitrogen functional groups attached to an aromatic ring is 1. The molecule has 7 heteroatoms. The topological polar surface area (TPSA) is 98.3 Å². The zero-order valence-electron chi connectivity index (χ0n) is 14.5. The van der Waals surface area contributed by atoms with Crippen molar-refractivity contribution in [3.63, 3.8) is 0 Å². The van der Waals surface area contributed by atoms with Gasteiger partial charge in [0.2, 0.25) is 5.95 Å². The van der Waals surface area contributed by atoms with Crippen LogP contribution >= 0.6 is 0 Å². The molecule has 0 aliphatic carbocycles. The van der Waals surface area contributed by atoms with Gasteiger partial charge >= 0.3 is 0 Å². The Kier molecular flexibility index (Phi) is 4.33. The van der Waals surface area contributed by atoms with E-state index in [2.05, 4.69) is 61.1 Å². The molecule has 3 rings (SSSR count). The number of nitrogens with two attached hydrogens (primary N) is 1. The van der Waals surface area contributed by atoms with Crippen LogP contribution in [0.5, 0.6) is 0 Å². The highest BCUT2D eigenvalue weighted by molar-refractivity contribution is 5.39. The van der Waals surface area contributed by atoms with Gasteiger partial charge < -0.3 is 5.73 Å². The predicted octanol–water partition coefficient (Wildman–Crippen LogP) is 2.49. The van der Waals surface area contributed by atoms with Crippen molar-refractivity contribution in [2.75, 3.05) is 5.73 Å². The molecule has 0 bridgehead atoms. The molecular weight excluding hydrogens is 302 g/mol. The van der Waals surface area contributed by atoms with Crippen LogP contribution in [0, 0.1) is 13.8 Å². The van der Waals surface area contributed by atoms with Gasteiger partial charge in [-0.15, -0.1) is 5.10 Å². The Morgan fingerprint density at radius 2 is 1.92 bits per heavy atom. The molecule has 0 aliphatic rings. The molecule has 1 aromatic carbocycles. The number of hydrogen-bond acceptors (Lipinski definition) is 5. The summed E-state index contributed by atoms with van der Waals surface area (Å²) < 4.78 is 1.93. The predicted molar refractivity (Wildman–Crippen MR) is 93.1 cm³/mol. The first kappa shape index (κ1) is 16.2. The van der Waals surface area contributed by atoms with Gasteiger partial charge in [0.25, 0.3) is 0 Å². The van der Waals surface area contributed by atoms with Crippen molar-refractivity contribution < 1.29 is 0 Å². The van der Waals surface area contributed by atoms with Crippen LogP contribution in [0.3, 0.4) is 0 Å². The minimum atomic E-state index is 0.267. The summed E-state index contributed by atoms with van der Waals surface area (Å²) in [4.78, 5) is 8.87. The van der Waals surface area contributed by atoms with E-state index < -0.39 is 0 Å². The quantitative estimate of drug-likeness (QED) is 0.751. The molecule has 0 amide bonds. The number of hydrogen-bond donors (Lipinski definition) is 2. The van der Waals surface area contributed by atoms with Gasteiger partial charge in [-0.1, -0.05) is 19.9 Å². The Morgan fingerprint density at radius 3 is 2.54 bits per heavy atom. The third kappa shape index (κ3) is 3.29. The highest BCUT2D eigenvalue weighted by Gasteiger charge is 2.15. The molecule has 126 valence electrons. The lowest BCUT2D eigenvalue weighted by molar-refractivity contribution is 0.734. The molecule has 0 saturated heterocycles. The van der Waals surface area contributed by atoms with Crippen molar-refractivity contribution in [1.29, 1.82) is 0 Å². The number of rotatable bonds is 5. The van der Waals surface area contributed by atoms with E-state index in [-0.39, 0.29) is 11.9 Å². The zero-order chi connectivity index (χ0) is 17.3. The van der Waals surface area contributed by atoms with Gasteiger partial charge in [0.05, 0.1) is 5.69 Å². The second-order valence-electron chi connectivity index (χ2n) is 6.36. The van der Waals surface area contributed by atoms with Crippen LogP contribution in [0.2, 0.25) is 0 Å². The second-order valence-corrected chi connectivity index (χ2v) is 6.36. The smallest absolute Gasteiger partial charge is 0.239 e. The van der Waals surface area contributed by atoms with E-state index in [4.69, 9.17) is 15.8 Å². The summed E-state index contributed by atoms with van der Waals surface area (Å²) in [6.07, 6.45) is 1.40. The Morgan fingerprint density at radius 1 is 1.12 bits per heavy atom. The molecule has 7 nitrogen and oxygen atoms in total. The molecule has 0 aliphatic heterocycles. The Balaban J connectivity index is 1.93. The van der Waals surface area contributed by atoms with Gasteiger partial charge in [-0.2, -0.15) is 10.1 Å². The number of aromatic amines is 1. The first-order chi connectivity index (χ1) is 11.4. The number of H-pyrrole nitrogens is 1. The van der Waals surface area contributed by atoms with Crippen LogP contribution in [0.4, 0.5) is 5.95 Å². The molecule has 0 fully saturated rings. The minimum absolute atomic E-state index is 0.267. The highest BCUT2D eigenvalue weighted by atomic mass is 15.4. The van der Waals surface area contributed by atoms with Gasteiger partial charge in [-0.3, -0.25) is 5.10 Å². The number of benzene rings is 1. The highest BCUT2D eigenvalue weighted by Crippen LogP contribution is 2.18.